The van der Waals surface area contributed by atoms with Crippen molar-refractivity contribution >= 4 is 22.6 Å². The summed E-state index contributed by atoms with van der Waals surface area (Å²) in [7, 11) is 0. The largest absolute Gasteiger partial charge is 0.254 e. The number of halogens is 1. The molecule has 10 heavy (non-hydrogen) atoms. The lowest BCUT2D eigenvalue weighted by molar-refractivity contribution is -0.885. The van der Waals surface area contributed by atoms with Gasteiger partial charge in [-0.3, -0.25) is 0 Å². The van der Waals surface area contributed by atoms with Gasteiger partial charge in [-0.2, -0.15) is 0 Å². The maximum absolute atomic E-state index is 5.36. The van der Waals surface area contributed by atoms with Crippen LogP contribution >= 0.6 is 22.6 Å². The Hall–Kier alpha value is -0.0600. The molecule has 0 aliphatic heterocycles. The highest BCUT2D eigenvalue weighted by molar-refractivity contribution is 14.1. The third kappa shape index (κ3) is 1.71. The van der Waals surface area contributed by atoms with E-state index in [-0.39, 0.29) is 3.55 Å². The molecule has 0 N–H and O–H groups in total. The number of rotatable bonds is 1. The first-order valence-electron chi connectivity index (χ1n) is 3.18. The molecule has 0 aromatic carbocycles. The van der Waals surface area contributed by atoms with Crippen LogP contribution in [0.4, 0.5) is 0 Å². The van der Waals surface area contributed by atoms with Crippen LogP contribution in [-0.4, -0.2) is 0 Å². The summed E-state index contributed by atoms with van der Waals surface area (Å²) in [6.07, 6.45) is 1.95. The Morgan fingerprint density at radius 3 is 2.40 bits per heavy atom. The van der Waals surface area contributed by atoms with Crippen molar-refractivity contribution < 1.29 is 9.26 Å². The van der Waals surface area contributed by atoms with Crippen LogP contribution < -0.4 is 4.74 Å². The van der Waals surface area contributed by atoms with Crippen molar-refractivity contribution in [2.24, 2.45) is 0 Å². The average molecular weight is 252 g/mol. The van der Waals surface area contributed by atoms with E-state index in [4.69, 9.17) is 4.52 Å². The van der Waals surface area contributed by atoms with E-state index in [1.165, 1.54) is 0 Å². The zero-order valence-electron chi connectivity index (χ0n) is 6.39. The van der Waals surface area contributed by atoms with Crippen LogP contribution in [0.2, 0.25) is 0 Å². The van der Waals surface area contributed by atoms with Crippen LogP contribution in [0.3, 0.4) is 0 Å². The maximum Gasteiger partial charge on any atom is 0.254 e. The molecule has 1 heterocycles. The van der Waals surface area contributed by atoms with E-state index < -0.39 is 0 Å². The summed E-state index contributed by atoms with van der Waals surface area (Å²) < 4.78 is 7.23. The first kappa shape index (κ1) is 8.04. The third-order valence-corrected chi connectivity index (χ3v) is 1.69. The zero-order chi connectivity index (χ0) is 7.78. The number of aryl methyl sites for hydroxylation is 1. The maximum atomic E-state index is 5.36. The summed E-state index contributed by atoms with van der Waals surface area (Å²) in [5.74, 6) is 0.949. The van der Waals surface area contributed by atoms with Crippen molar-refractivity contribution in [1.82, 2.24) is 0 Å². The van der Waals surface area contributed by atoms with Gasteiger partial charge in [-0.1, -0.05) is 0 Å². The first-order valence-corrected chi connectivity index (χ1v) is 4.26. The lowest BCUT2D eigenvalue weighted by Crippen LogP contribution is -2.45. The zero-order valence-corrected chi connectivity index (χ0v) is 8.55. The van der Waals surface area contributed by atoms with Crippen molar-refractivity contribution in [3.63, 3.8) is 0 Å². The van der Waals surface area contributed by atoms with Gasteiger partial charge in [-0.05, 0) is 4.74 Å². The molecule has 0 saturated carbocycles. The summed E-state index contributed by atoms with van der Waals surface area (Å²) in [5, 5.41) is 0. The summed E-state index contributed by atoms with van der Waals surface area (Å²) in [5.41, 5.74) is 0. The van der Waals surface area contributed by atoms with Crippen LogP contribution in [0.25, 0.3) is 0 Å². The Bertz CT molecular complexity index is 224. The monoisotopic (exact) mass is 252 g/mol. The van der Waals surface area contributed by atoms with Crippen molar-refractivity contribution in [1.29, 1.82) is 0 Å². The minimum absolute atomic E-state index is 0.0337. The molecule has 0 unspecified atom stereocenters. The molecule has 0 fully saturated rings. The summed E-state index contributed by atoms with van der Waals surface area (Å²) in [6, 6.07) is 1.96. The Kier molecular flexibility index (Phi) is 2.03. The molecule has 0 saturated heterocycles. The number of aromatic nitrogens is 1. The van der Waals surface area contributed by atoms with E-state index in [1.54, 1.807) is 0 Å². The Morgan fingerprint density at radius 1 is 1.60 bits per heavy atom. The lowest BCUT2D eigenvalue weighted by Gasteiger charge is -2.02. The highest BCUT2D eigenvalue weighted by Crippen LogP contribution is 2.15. The van der Waals surface area contributed by atoms with Crippen LogP contribution in [0.1, 0.15) is 19.6 Å². The fourth-order valence-electron chi connectivity index (χ4n) is 0.674. The molecule has 1 aromatic heterocycles. The van der Waals surface area contributed by atoms with Crippen molar-refractivity contribution in [3.8, 4) is 0 Å². The van der Waals surface area contributed by atoms with Gasteiger partial charge < -0.3 is 0 Å². The van der Waals surface area contributed by atoms with Crippen molar-refractivity contribution in [3.05, 3.63) is 18.0 Å². The molecule has 1 aromatic rings. The molecule has 0 aliphatic carbocycles. The Morgan fingerprint density at radius 2 is 2.20 bits per heavy atom. The van der Waals surface area contributed by atoms with Gasteiger partial charge in [0.05, 0.1) is 6.07 Å². The van der Waals surface area contributed by atoms with E-state index in [2.05, 4.69) is 36.4 Å². The molecule has 0 aliphatic rings. The topological polar surface area (TPSA) is 17.0 Å². The highest BCUT2D eigenvalue weighted by Gasteiger charge is 2.27. The van der Waals surface area contributed by atoms with Gasteiger partial charge in [0.2, 0.25) is 6.20 Å². The van der Waals surface area contributed by atoms with Gasteiger partial charge in [0.15, 0.2) is 5.76 Å². The van der Waals surface area contributed by atoms with Gasteiger partial charge in [0.1, 0.15) is 0 Å². The first-order chi connectivity index (χ1) is 4.50. The summed E-state index contributed by atoms with van der Waals surface area (Å²) in [4.78, 5) is 0. The molecule has 0 spiro atoms. The molecule has 0 radical (unpaired) electrons. The van der Waals surface area contributed by atoms with Crippen molar-refractivity contribution in [2.45, 2.75) is 24.3 Å². The van der Waals surface area contributed by atoms with E-state index >= 15 is 0 Å². The van der Waals surface area contributed by atoms with Gasteiger partial charge in [-0.15, -0.1) is 0 Å². The van der Waals surface area contributed by atoms with Gasteiger partial charge in [0, 0.05) is 43.4 Å². The molecule has 3 heteroatoms. The number of alkyl halides is 1. The third-order valence-electron chi connectivity index (χ3n) is 1.21. The van der Waals surface area contributed by atoms with Crippen molar-refractivity contribution in [2.75, 3.05) is 0 Å². The average Bonchev–Trinajstić information content (AvgIpc) is 2.11. The van der Waals surface area contributed by atoms with Gasteiger partial charge in [0.25, 0.3) is 3.55 Å². The summed E-state index contributed by atoms with van der Waals surface area (Å²) in [6.45, 7) is 6.13. The number of hydrogen-bond acceptors (Lipinski definition) is 1. The molecule has 1 rings (SSSR count). The molecular formula is C7H11INO+. The quantitative estimate of drug-likeness (QED) is 0.424. The fraction of sp³-hybridized carbons (Fsp3) is 0.571. The van der Waals surface area contributed by atoms with Gasteiger partial charge in [-0.25, -0.2) is 4.52 Å². The van der Waals surface area contributed by atoms with E-state index in [0.29, 0.717) is 0 Å². The second kappa shape index (κ2) is 2.53. The molecule has 0 bridgehead atoms. The predicted octanol–water partition coefficient (Wildman–Crippen LogP) is 2.00. The lowest BCUT2D eigenvalue weighted by atomic mass is 10.4. The van der Waals surface area contributed by atoms with E-state index in [0.717, 1.165) is 5.76 Å². The van der Waals surface area contributed by atoms with Crippen LogP contribution in [-0.2, 0) is 3.55 Å². The summed E-state index contributed by atoms with van der Waals surface area (Å²) >= 11 is 2.33. The molecular weight excluding hydrogens is 241 g/mol. The molecule has 2 nitrogen and oxygen atoms in total. The van der Waals surface area contributed by atoms with E-state index in [1.807, 2.05) is 23.9 Å². The molecule has 0 atom stereocenters. The van der Waals surface area contributed by atoms with Crippen LogP contribution in [0.15, 0.2) is 16.8 Å². The van der Waals surface area contributed by atoms with Gasteiger partial charge >= 0.3 is 0 Å². The van der Waals surface area contributed by atoms with Crippen LogP contribution in [0.5, 0.6) is 0 Å². The second-order valence-corrected chi connectivity index (χ2v) is 5.39. The number of nitrogens with zero attached hydrogens (tertiary/aromatic N) is 1. The minimum Gasteiger partial charge on any atom is -0.240 e. The Labute approximate surface area is 74.3 Å². The normalized spacial score (nSPS) is 12.0. The second-order valence-electron chi connectivity index (χ2n) is 2.75. The SMILES string of the molecule is Cc1cc[n+](C(C)(C)I)o1. The minimum atomic E-state index is 0.0337. The van der Waals surface area contributed by atoms with E-state index in [9.17, 15) is 0 Å². The Balaban J connectivity index is 2.96. The standard InChI is InChI=1S/C7H11INO/c1-6-4-5-9(10-6)7(2,3)8/h4-5H,1-3H3/q+1. The molecule has 56 valence electrons. The fourth-order valence-corrected chi connectivity index (χ4v) is 0.934. The smallest absolute Gasteiger partial charge is 0.240 e. The van der Waals surface area contributed by atoms with Crippen LogP contribution in [0, 0.1) is 6.92 Å². The highest BCUT2D eigenvalue weighted by atomic mass is 127. The molecule has 0 amide bonds. The predicted molar refractivity (Wildman–Crippen MR) is 47.0 cm³/mol. The number of hydrogen-bond donors (Lipinski definition) is 0.